The van der Waals surface area contributed by atoms with E-state index in [4.69, 9.17) is 4.74 Å². The maximum absolute atomic E-state index is 11.8. The molecule has 0 aromatic heterocycles. The summed E-state index contributed by atoms with van der Waals surface area (Å²) in [6.07, 6.45) is 6.51. The first-order chi connectivity index (χ1) is 8.99. The summed E-state index contributed by atoms with van der Waals surface area (Å²) in [5.74, 6) is 2.83. The van der Waals surface area contributed by atoms with E-state index in [1.807, 2.05) is 13.8 Å². The highest BCUT2D eigenvalue weighted by atomic mass is 16.6. The first-order valence-corrected chi connectivity index (χ1v) is 7.88. The maximum Gasteiger partial charge on any atom is 0.333 e. The Kier molecular flexibility index (Phi) is 4.08. The van der Waals surface area contributed by atoms with E-state index in [9.17, 15) is 4.79 Å². The Labute approximate surface area is 117 Å². The van der Waals surface area contributed by atoms with Crippen LogP contribution < -0.4 is 0 Å². The lowest BCUT2D eigenvalue weighted by molar-refractivity contribution is -0.199. The molecule has 0 atom stereocenters. The zero-order valence-corrected chi connectivity index (χ0v) is 12.9. The predicted molar refractivity (Wildman–Crippen MR) is 77.7 cm³/mol. The molecule has 2 nitrogen and oxygen atoms in total. The summed E-state index contributed by atoms with van der Waals surface area (Å²) < 4.78 is 5.84. The molecule has 2 heteroatoms. The van der Waals surface area contributed by atoms with Crippen LogP contribution in [0.1, 0.15) is 59.8 Å². The molecule has 0 saturated heterocycles. The van der Waals surface area contributed by atoms with Gasteiger partial charge in [0.2, 0.25) is 0 Å². The van der Waals surface area contributed by atoms with E-state index in [2.05, 4.69) is 13.5 Å². The average molecular weight is 264 g/mol. The topological polar surface area (TPSA) is 26.3 Å². The van der Waals surface area contributed by atoms with Gasteiger partial charge in [-0.1, -0.05) is 20.4 Å². The van der Waals surface area contributed by atoms with Crippen molar-refractivity contribution >= 4 is 5.97 Å². The predicted octanol–water partition coefficient (Wildman–Crippen LogP) is 4.35. The van der Waals surface area contributed by atoms with Crippen molar-refractivity contribution in [2.24, 2.45) is 23.7 Å². The highest BCUT2D eigenvalue weighted by molar-refractivity contribution is 5.87. The minimum atomic E-state index is -0.205. The highest BCUT2D eigenvalue weighted by Crippen LogP contribution is 2.59. The third-order valence-electron chi connectivity index (χ3n) is 5.42. The van der Waals surface area contributed by atoms with E-state index in [0.29, 0.717) is 17.4 Å². The number of ether oxygens (including phenoxy) is 1. The average Bonchev–Trinajstić information content (AvgIpc) is 2.37. The summed E-state index contributed by atoms with van der Waals surface area (Å²) in [6, 6.07) is 0. The van der Waals surface area contributed by atoms with Crippen LogP contribution in [-0.2, 0) is 9.53 Å². The van der Waals surface area contributed by atoms with E-state index >= 15 is 0 Å². The van der Waals surface area contributed by atoms with Crippen molar-refractivity contribution in [1.82, 2.24) is 0 Å². The van der Waals surface area contributed by atoms with Gasteiger partial charge in [0.15, 0.2) is 0 Å². The van der Waals surface area contributed by atoms with Crippen LogP contribution in [0, 0.1) is 23.7 Å². The van der Waals surface area contributed by atoms with E-state index < -0.39 is 0 Å². The highest BCUT2D eigenvalue weighted by Gasteiger charge is 2.56. The molecule has 0 radical (unpaired) electrons. The fraction of sp³-hybridized carbons (Fsp3) is 0.824. The summed E-state index contributed by atoms with van der Waals surface area (Å²) in [5.41, 5.74) is 0.323. The minimum absolute atomic E-state index is 0.194. The van der Waals surface area contributed by atoms with Crippen molar-refractivity contribution in [1.29, 1.82) is 0 Å². The molecule has 0 spiro atoms. The summed E-state index contributed by atoms with van der Waals surface area (Å²) in [4.78, 5) is 11.8. The lowest BCUT2D eigenvalue weighted by Gasteiger charge is -2.59. The largest absolute Gasteiger partial charge is 0.455 e. The molecule has 4 aliphatic carbocycles. The van der Waals surface area contributed by atoms with Gasteiger partial charge in [0.25, 0.3) is 0 Å². The lowest BCUT2D eigenvalue weighted by atomic mass is 9.50. The molecule has 0 aliphatic heterocycles. The van der Waals surface area contributed by atoms with Gasteiger partial charge in [-0.25, -0.2) is 4.79 Å². The molecule has 0 unspecified atom stereocenters. The lowest BCUT2D eigenvalue weighted by Crippen LogP contribution is -2.58. The zero-order valence-electron chi connectivity index (χ0n) is 12.9. The van der Waals surface area contributed by atoms with Gasteiger partial charge in [0.1, 0.15) is 5.60 Å². The Morgan fingerprint density at radius 2 is 1.47 bits per heavy atom. The van der Waals surface area contributed by atoms with Gasteiger partial charge in [-0.3, -0.25) is 0 Å². The second kappa shape index (κ2) is 5.30. The van der Waals surface area contributed by atoms with Crippen molar-refractivity contribution in [3.05, 3.63) is 12.2 Å². The molecular weight excluding hydrogens is 236 g/mol. The molecule has 4 rings (SSSR count). The van der Waals surface area contributed by atoms with Crippen molar-refractivity contribution in [3.63, 3.8) is 0 Å². The zero-order chi connectivity index (χ0) is 14.2. The molecule has 4 fully saturated rings. The van der Waals surface area contributed by atoms with Crippen LogP contribution in [0.15, 0.2) is 12.2 Å². The fourth-order valence-electron chi connectivity index (χ4n) is 4.57. The molecule has 108 valence electrons. The van der Waals surface area contributed by atoms with Crippen molar-refractivity contribution in [2.45, 2.75) is 65.4 Å². The molecule has 0 aromatic carbocycles. The van der Waals surface area contributed by atoms with E-state index in [1.165, 1.54) is 32.1 Å². The number of hydrogen-bond donors (Lipinski definition) is 0. The Morgan fingerprint density at radius 1 is 1.05 bits per heavy atom. The second-order valence-corrected chi connectivity index (χ2v) is 6.66. The summed E-state index contributed by atoms with van der Waals surface area (Å²) in [7, 11) is 0. The fourth-order valence-corrected chi connectivity index (χ4v) is 4.57. The van der Waals surface area contributed by atoms with Gasteiger partial charge in [-0.2, -0.15) is 0 Å². The Bertz CT molecular complexity index is 341. The molecule has 0 amide bonds. The second-order valence-electron chi connectivity index (χ2n) is 6.66. The molecule has 0 aromatic rings. The summed E-state index contributed by atoms with van der Waals surface area (Å²) in [6.45, 7) is 11.6. The number of carbonyl (C=O) groups is 1. The van der Waals surface area contributed by atoms with Crippen LogP contribution >= 0.6 is 0 Å². The Hall–Kier alpha value is -0.790. The van der Waals surface area contributed by atoms with Gasteiger partial charge in [0, 0.05) is 5.57 Å². The number of rotatable bonds is 2. The smallest absolute Gasteiger partial charge is 0.333 e. The van der Waals surface area contributed by atoms with Crippen molar-refractivity contribution in [2.75, 3.05) is 0 Å². The maximum atomic E-state index is 11.8. The van der Waals surface area contributed by atoms with E-state index in [0.717, 1.165) is 11.8 Å². The molecule has 19 heavy (non-hydrogen) atoms. The monoisotopic (exact) mass is 264 g/mol. The minimum Gasteiger partial charge on any atom is -0.455 e. The van der Waals surface area contributed by atoms with Gasteiger partial charge >= 0.3 is 5.97 Å². The van der Waals surface area contributed by atoms with Gasteiger partial charge < -0.3 is 4.74 Å². The van der Waals surface area contributed by atoms with Gasteiger partial charge in [0.05, 0.1) is 0 Å². The van der Waals surface area contributed by atoms with Crippen LogP contribution in [0.5, 0.6) is 0 Å². The molecule has 0 N–H and O–H groups in total. The van der Waals surface area contributed by atoms with Crippen LogP contribution in [0.4, 0.5) is 0 Å². The van der Waals surface area contributed by atoms with Crippen LogP contribution in [0.25, 0.3) is 0 Å². The molecule has 0 heterocycles. The molecule has 4 aliphatic rings. The van der Waals surface area contributed by atoms with Crippen LogP contribution in [0.3, 0.4) is 0 Å². The SMILES string of the molecule is C=C(C)C(=O)OC1(C)C2CC3CC(C2)CC1C3.CC. The molecule has 4 bridgehead atoms. The van der Waals surface area contributed by atoms with Gasteiger partial charge in [-0.05, 0) is 69.6 Å². The Morgan fingerprint density at radius 3 is 1.84 bits per heavy atom. The summed E-state index contributed by atoms with van der Waals surface area (Å²) in [5, 5.41) is 0. The molecule has 4 saturated carbocycles. The van der Waals surface area contributed by atoms with E-state index in [1.54, 1.807) is 6.92 Å². The van der Waals surface area contributed by atoms with Crippen molar-refractivity contribution < 1.29 is 9.53 Å². The standard InChI is InChI=1S/C15H22O2.C2H6/c1-9(2)14(16)17-15(3)12-5-10-4-11(7-12)8-13(15)6-10;1-2/h10-13H,1,4-8H2,2-3H3;1-2H3. The first-order valence-electron chi connectivity index (χ1n) is 7.88. The number of hydrogen-bond acceptors (Lipinski definition) is 2. The third kappa shape index (κ3) is 2.46. The van der Waals surface area contributed by atoms with Crippen molar-refractivity contribution in [3.8, 4) is 0 Å². The van der Waals surface area contributed by atoms with Crippen LogP contribution in [-0.4, -0.2) is 11.6 Å². The number of esters is 1. The molecular formula is C17H28O2. The quantitative estimate of drug-likeness (QED) is 0.547. The van der Waals surface area contributed by atoms with E-state index in [-0.39, 0.29) is 11.6 Å². The van der Waals surface area contributed by atoms with Crippen LogP contribution in [0.2, 0.25) is 0 Å². The normalized spacial score (nSPS) is 42.3. The Balaban J connectivity index is 0.000000637. The van der Waals surface area contributed by atoms with Gasteiger partial charge in [-0.15, -0.1) is 0 Å². The summed E-state index contributed by atoms with van der Waals surface area (Å²) >= 11 is 0. The third-order valence-corrected chi connectivity index (χ3v) is 5.42. The first kappa shape index (κ1) is 14.6. The number of carbonyl (C=O) groups excluding carboxylic acids is 1.